The summed E-state index contributed by atoms with van der Waals surface area (Å²) in [4.78, 5) is 7.61. The lowest BCUT2D eigenvalue weighted by atomic mass is 10.1. The van der Waals surface area contributed by atoms with Gasteiger partial charge in [0.1, 0.15) is 5.82 Å². The molecule has 0 spiro atoms. The van der Waals surface area contributed by atoms with E-state index in [1.807, 2.05) is 13.1 Å². The van der Waals surface area contributed by atoms with Crippen LogP contribution in [-0.4, -0.2) is 62.1 Å². The number of fused-ring (bicyclic) bond motifs is 1. The van der Waals surface area contributed by atoms with Crippen molar-refractivity contribution in [1.29, 1.82) is 0 Å². The van der Waals surface area contributed by atoms with Crippen LogP contribution in [0.1, 0.15) is 18.9 Å². The Labute approximate surface area is 159 Å². The fraction of sp³-hybridized carbons (Fsp3) is 0.500. The molecule has 1 aliphatic heterocycles. The molecule has 1 aliphatic rings. The summed E-state index contributed by atoms with van der Waals surface area (Å²) in [7, 11) is -3.08. The van der Waals surface area contributed by atoms with E-state index in [4.69, 9.17) is 0 Å². The van der Waals surface area contributed by atoms with Gasteiger partial charge < -0.3 is 15.6 Å². The van der Waals surface area contributed by atoms with Crippen LogP contribution >= 0.6 is 0 Å². The number of H-pyrrole nitrogens is 1. The van der Waals surface area contributed by atoms with Crippen molar-refractivity contribution < 1.29 is 12.8 Å². The molecule has 2 heterocycles. The fourth-order valence-electron chi connectivity index (χ4n) is 3.23. The number of halogens is 1. The number of guanidine groups is 1. The van der Waals surface area contributed by atoms with Gasteiger partial charge in [0, 0.05) is 43.3 Å². The lowest BCUT2D eigenvalue weighted by Gasteiger charge is -2.14. The van der Waals surface area contributed by atoms with Gasteiger partial charge in [0.15, 0.2) is 5.96 Å². The zero-order chi connectivity index (χ0) is 19.3. The molecule has 0 saturated carbocycles. The first kappa shape index (κ1) is 19.6. The van der Waals surface area contributed by atoms with Gasteiger partial charge in [0.05, 0.1) is 12.3 Å². The van der Waals surface area contributed by atoms with E-state index >= 15 is 0 Å². The molecule has 0 bridgehead atoms. The molecule has 0 aliphatic carbocycles. The van der Waals surface area contributed by atoms with Crippen molar-refractivity contribution in [2.45, 2.75) is 19.8 Å². The number of hydrogen-bond donors (Lipinski definition) is 3. The smallest absolute Gasteiger partial charge is 0.214 e. The highest BCUT2D eigenvalue weighted by molar-refractivity contribution is 7.89. The van der Waals surface area contributed by atoms with Crippen LogP contribution in [0.25, 0.3) is 10.9 Å². The lowest BCUT2D eigenvalue weighted by Crippen LogP contribution is -2.39. The Morgan fingerprint density at radius 3 is 2.96 bits per heavy atom. The summed E-state index contributed by atoms with van der Waals surface area (Å²) in [6.07, 6.45) is 3.30. The Balaban J connectivity index is 1.53. The molecule has 27 heavy (non-hydrogen) atoms. The summed E-state index contributed by atoms with van der Waals surface area (Å²) in [5.74, 6) is 0.642. The Bertz CT molecular complexity index is 910. The minimum atomic E-state index is -3.08. The maximum absolute atomic E-state index is 13.5. The SMILES string of the molecule is CCNC(=NCCN1CCCS1(=O)=O)NCCc1c[nH]c2ccc(F)cc12. The van der Waals surface area contributed by atoms with E-state index in [1.54, 1.807) is 6.07 Å². The quantitative estimate of drug-likeness (QED) is 0.489. The van der Waals surface area contributed by atoms with Crippen LogP contribution in [0.5, 0.6) is 0 Å². The van der Waals surface area contributed by atoms with E-state index in [0.29, 0.717) is 51.5 Å². The molecule has 0 atom stereocenters. The molecule has 0 unspecified atom stereocenters. The second-order valence-corrected chi connectivity index (χ2v) is 8.60. The van der Waals surface area contributed by atoms with Crippen molar-refractivity contribution in [3.63, 3.8) is 0 Å². The highest BCUT2D eigenvalue weighted by Gasteiger charge is 2.27. The predicted octanol–water partition coefficient (Wildman–Crippen LogP) is 1.44. The molecular formula is C18H26FN5O2S. The highest BCUT2D eigenvalue weighted by atomic mass is 32.2. The maximum Gasteiger partial charge on any atom is 0.214 e. The van der Waals surface area contributed by atoms with Gasteiger partial charge in [0.25, 0.3) is 0 Å². The summed E-state index contributed by atoms with van der Waals surface area (Å²) >= 11 is 0. The third-order valence-electron chi connectivity index (χ3n) is 4.58. The summed E-state index contributed by atoms with van der Waals surface area (Å²) in [6.45, 7) is 4.72. The fourth-order valence-corrected chi connectivity index (χ4v) is 4.75. The van der Waals surface area contributed by atoms with E-state index in [-0.39, 0.29) is 11.6 Å². The third-order valence-corrected chi connectivity index (χ3v) is 6.54. The van der Waals surface area contributed by atoms with Crippen LogP contribution < -0.4 is 10.6 Å². The minimum absolute atomic E-state index is 0.236. The van der Waals surface area contributed by atoms with Crippen molar-refractivity contribution >= 4 is 26.9 Å². The summed E-state index contributed by atoms with van der Waals surface area (Å²) in [6, 6.07) is 4.72. The van der Waals surface area contributed by atoms with Crippen LogP contribution in [0.15, 0.2) is 29.4 Å². The molecule has 1 saturated heterocycles. The molecule has 1 aromatic carbocycles. The number of benzene rings is 1. The second-order valence-electron chi connectivity index (χ2n) is 6.51. The van der Waals surface area contributed by atoms with Gasteiger partial charge in [-0.2, -0.15) is 0 Å². The Hall–Kier alpha value is -2.13. The van der Waals surface area contributed by atoms with Gasteiger partial charge in [-0.25, -0.2) is 17.1 Å². The molecule has 1 fully saturated rings. The average molecular weight is 396 g/mol. The van der Waals surface area contributed by atoms with Gasteiger partial charge in [-0.1, -0.05) is 0 Å². The molecule has 2 aromatic rings. The van der Waals surface area contributed by atoms with Crippen molar-refractivity contribution in [3.8, 4) is 0 Å². The molecular weight excluding hydrogens is 369 g/mol. The largest absolute Gasteiger partial charge is 0.361 e. The zero-order valence-corrected chi connectivity index (χ0v) is 16.3. The third kappa shape index (κ3) is 4.98. The molecule has 0 amide bonds. The number of aromatic amines is 1. The van der Waals surface area contributed by atoms with Gasteiger partial charge in [0.2, 0.25) is 10.0 Å². The second kappa shape index (κ2) is 8.71. The van der Waals surface area contributed by atoms with E-state index in [2.05, 4.69) is 20.6 Å². The first-order valence-corrected chi connectivity index (χ1v) is 10.9. The number of sulfonamides is 1. The maximum atomic E-state index is 13.5. The van der Waals surface area contributed by atoms with Crippen molar-refractivity contribution in [1.82, 2.24) is 19.9 Å². The molecule has 3 N–H and O–H groups in total. The number of rotatable bonds is 7. The van der Waals surface area contributed by atoms with Crippen LogP contribution in [-0.2, 0) is 16.4 Å². The summed E-state index contributed by atoms with van der Waals surface area (Å²) in [5.41, 5.74) is 1.95. The predicted molar refractivity (Wildman–Crippen MR) is 106 cm³/mol. The zero-order valence-electron chi connectivity index (χ0n) is 15.5. The Morgan fingerprint density at radius 2 is 2.22 bits per heavy atom. The number of nitrogens with one attached hydrogen (secondary N) is 3. The van der Waals surface area contributed by atoms with Crippen molar-refractivity contribution in [2.75, 3.05) is 38.5 Å². The standard InChI is InChI=1S/C18H26FN5O2S/c1-2-20-18(22-8-10-24-9-3-11-27(24,25)26)21-7-6-14-13-23-17-5-4-15(19)12-16(14)17/h4-5,12-13,23H,2-3,6-11H2,1H3,(H2,20,21,22). The number of aromatic nitrogens is 1. The van der Waals surface area contributed by atoms with Crippen molar-refractivity contribution in [2.24, 2.45) is 4.99 Å². The molecule has 7 nitrogen and oxygen atoms in total. The Kier molecular flexibility index (Phi) is 6.33. The van der Waals surface area contributed by atoms with Gasteiger partial charge >= 0.3 is 0 Å². The lowest BCUT2D eigenvalue weighted by molar-refractivity contribution is 0.452. The van der Waals surface area contributed by atoms with Crippen molar-refractivity contribution in [3.05, 3.63) is 35.8 Å². The van der Waals surface area contributed by atoms with E-state index in [0.717, 1.165) is 16.5 Å². The summed E-state index contributed by atoms with van der Waals surface area (Å²) < 4.78 is 38.6. The van der Waals surface area contributed by atoms with E-state index in [9.17, 15) is 12.8 Å². The normalized spacial score (nSPS) is 17.5. The minimum Gasteiger partial charge on any atom is -0.361 e. The van der Waals surface area contributed by atoms with Crippen LogP contribution in [0.2, 0.25) is 0 Å². The molecule has 0 radical (unpaired) electrons. The van der Waals surface area contributed by atoms with E-state index < -0.39 is 10.0 Å². The van der Waals surface area contributed by atoms with Gasteiger partial charge in [-0.15, -0.1) is 0 Å². The molecule has 9 heteroatoms. The van der Waals surface area contributed by atoms with Gasteiger partial charge in [-0.3, -0.25) is 4.99 Å². The highest BCUT2D eigenvalue weighted by Crippen LogP contribution is 2.19. The van der Waals surface area contributed by atoms with Crippen LogP contribution in [0.4, 0.5) is 4.39 Å². The number of nitrogens with zero attached hydrogens (tertiary/aromatic N) is 2. The molecule has 3 rings (SSSR count). The average Bonchev–Trinajstić information content (AvgIpc) is 3.17. The number of hydrogen-bond acceptors (Lipinski definition) is 3. The summed E-state index contributed by atoms with van der Waals surface area (Å²) in [5, 5.41) is 7.29. The first-order valence-electron chi connectivity index (χ1n) is 9.25. The molecule has 148 valence electrons. The number of aliphatic imine (C=N–C) groups is 1. The van der Waals surface area contributed by atoms with Gasteiger partial charge in [-0.05, 0) is 43.5 Å². The Morgan fingerprint density at radius 1 is 1.37 bits per heavy atom. The van der Waals surface area contributed by atoms with Crippen LogP contribution in [0.3, 0.4) is 0 Å². The monoisotopic (exact) mass is 395 g/mol. The van der Waals surface area contributed by atoms with E-state index in [1.165, 1.54) is 16.4 Å². The molecule has 1 aromatic heterocycles. The van der Waals surface area contributed by atoms with Crippen LogP contribution in [0, 0.1) is 5.82 Å². The first-order chi connectivity index (χ1) is 13.0. The topological polar surface area (TPSA) is 89.6 Å².